The Bertz CT molecular complexity index is 511. The maximum atomic E-state index is 11.8. The molecular weight excluding hydrogens is 330 g/mol. The molecule has 140 valence electrons. The summed E-state index contributed by atoms with van der Waals surface area (Å²) in [5, 5.41) is 2.95. The van der Waals surface area contributed by atoms with E-state index in [1.54, 1.807) is 0 Å². The van der Waals surface area contributed by atoms with Crippen LogP contribution >= 0.6 is 0 Å². The lowest BCUT2D eigenvalue weighted by atomic mass is 10.1. The summed E-state index contributed by atoms with van der Waals surface area (Å²) >= 11 is 0. The lowest BCUT2D eigenvalue weighted by Crippen LogP contribution is -2.28. The Morgan fingerprint density at radius 1 is 0.880 bits per heavy atom. The summed E-state index contributed by atoms with van der Waals surface area (Å²) in [7, 11) is -1.72. The van der Waals surface area contributed by atoms with Crippen LogP contribution in [0.2, 0.25) is 19.6 Å². The fourth-order valence-corrected chi connectivity index (χ4v) is 3.35. The Morgan fingerprint density at radius 3 is 2.04 bits per heavy atom. The van der Waals surface area contributed by atoms with Crippen molar-refractivity contribution in [3.63, 3.8) is 0 Å². The van der Waals surface area contributed by atoms with Gasteiger partial charge < -0.3 is 9.74 Å². The van der Waals surface area contributed by atoms with Gasteiger partial charge in [0.05, 0.1) is 0 Å². The van der Waals surface area contributed by atoms with Gasteiger partial charge in [0, 0.05) is 18.5 Å². The Kier molecular flexibility index (Phi) is 10.2. The fraction of sp³-hybridized carbons (Fsp3) is 0.600. The van der Waals surface area contributed by atoms with E-state index in [0.717, 1.165) is 44.2 Å². The quantitative estimate of drug-likeness (QED) is 0.424. The predicted octanol–water partition coefficient (Wildman–Crippen LogP) is 4.92. The van der Waals surface area contributed by atoms with E-state index >= 15 is 0 Å². The highest BCUT2D eigenvalue weighted by atomic mass is 28.4. The van der Waals surface area contributed by atoms with Gasteiger partial charge in [-0.25, -0.2) is 0 Å². The van der Waals surface area contributed by atoms with Gasteiger partial charge in [0.25, 0.3) is 11.9 Å². The van der Waals surface area contributed by atoms with Crippen molar-refractivity contribution in [2.24, 2.45) is 0 Å². The van der Waals surface area contributed by atoms with Crippen molar-refractivity contribution in [2.45, 2.75) is 71.0 Å². The van der Waals surface area contributed by atoms with E-state index in [-0.39, 0.29) is 11.9 Å². The molecule has 0 spiro atoms. The molecule has 5 heteroatoms. The standard InChI is InChI=1S/C20H33NO3Si/c1-25(2,3)24-19(22)16-12-7-5-4-6-8-13-17-21-20(23)18-14-10-9-11-15-18/h9-11,14-15H,4-8,12-13,16-17H2,1-3H3,(H,21,23). The van der Waals surface area contributed by atoms with Gasteiger partial charge in [-0.05, 0) is 44.6 Å². The van der Waals surface area contributed by atoms with Gasteiger partial charge in [0.1, 0.15) is 0 Å². The minimum atomic E-state index is -1.72. The summed E-state index contributed by atoms with van der Waals surface area (Å²) < 4.78 is 5.43. The van der Waals surface area contributed by atoms with Crippen molar-refractivity contribution in [1.29, 1.82) is 0 Å². The molecule has 1 rings (SSSR count). The van der Waals surface area contributed by atoms with E-state index in [0.29, 0.717) is 6.42 Å². The van der Waals surface area contributed by atoms with Crippen molar-refractivity contribution in [1.82, 2.24) is 5.32 Å². The van der Waals surface area contributed by atoms with Crippen LogP contribution in [0.1, 0.15) is 61.7 Å². The van der Waals surface area contributed by atoms with Crippen LogP contribution in [-0.2, 0) is 9.22 Å². The second kappa shape index (κ2) is 11.8. The molecule has 0 fully saturated rings. The van der Waals surface area contributed by atoms with E-state index in [1.165, 1.54) is 12.8 Å². The zero-order chi connectivity index (χ0) is 18.5. The van der Waals surface area contributed by atoms with Gasteiger partial charge in [-0.15, -0.1) is 0 Å². The number of benzene rings is 1. The smallest absolute Gasteiger partial charge is 0.292 e. The van der Waals surface area contributed by atoms with Crippen molar-refractivity contribution < 1.29 is 14.0 Å². The second-order valence-corrected chi connectivity index (χ2v) is 11.9. The molecule has 0 saturated heterocycles. The van der Waals surface area contributed by atoms with Crippen LogP contribution in [0.15, 0.2) is 30.3 Å². The van der Waals surface area contributed by atoms with Gasteiger partial charge in [-0.1, -0.05) is 50.3 Å². The molecule has 1 amide bonds. The Labute approximate surface area is 153 Å². The molecule has 0 aliphatic rings. The average molecular weight is 364 g/mol. The molecule has 0 bridgehead atoms. The van der Waals surface area contributed by atoms with Crippen LogP contribution in [-0.4, -0.2) is 26.7 Å². The van der Waals surface area contributed by atoms with Gasteiger partial charge in [-0.2, -0.15) is 0 Å². The number of amides is 1. The molecule has 1 aromatic carbocycles. The van der Waals surface area contributed by atoms with Gasteiger partial charge in [-0.3, -0.25) is 9.59 Å². The molecule has 0 aliphatic carbocycles. The summed E-state index contributed by atoms with van der Waals surface area (Å²) in [6.07, 6.45) is 8.25. The number of carbonyl (C=O) groups excluding carboxylic acids is 2. The third-order valence-corrected chi connectivity index (χ3v) is 4.64. The molecule has 0 heterocycles. The number of hydrogen-bond donors (Lipinski definition) is 1. The summed E-state index contributed by atoms with van der Waals surface area (Å²) in [6.45, 7) is 6.84. The van der Waals surface area contributed by atoms with Crippen LogP contribution in [0.3, 0.4) is 0 Å². The van der Waals surface area contributed by atoms with Crippen LogP contribution in [0, 0.1) is 0 Å². The molecule has 4 nitrogen and oxygen atoms in total. The second-order valence-electron chi connectivity index (χ2n) is 7.43. The van der Waals surface area contributed by atoms with Crippen molar-refractivity contribution in [3.05, 3.63) is 35.9 Å². The molecule has 0 unspecified atom stereocenters. The number of hydrogen-bond acceptors (Lipinski definition) is 3. The number of rotatable bonds is 12. The lowest BCUT2D eigenvalue weighted by Gasteiger charge is -2.17. The maximum Gasteiger partial charge on any atom is 0.292 e. The minimum absolute atomic E-state index is 0.00537. The Hall–Kier alpha value is -1.62. The molecule has 0 radical (unpaired) electrons. The topological polar surface area (TPSA) is 55.4 Å². The highest BCUT2D eigenvalue weighted by Crippen LogP contribution is 2.11. The zero-order valence-corrected chi connectivity index (χ0v) is 17.0. The van der Waals surface area contributed by atoms with Crippen LogP contribution in [0.25, 0.3) is 0 Å². The third kappa shape index (κ3) is 11.5. The highest BCUT2D eigenvalue weighted by Gasteiger charge is 2.19. The summed E-state index contributed by atoms with van der Waals surface area (Å²) in [4.78, 5) is 23.4. The lowest BCUT2D eigenvalue weighted by molar-refractivity contribution is -0.135. The van der Waals surface area contributed by atoms with Crippen molar-refractivity contribution >= 4 is 20.2 Å². The summed E-state index contributed by atoms with van der Waals surface area (Å²) in [6, 6.07) is 9.31. The molecule has 0 atom stereocenters. The van der Waals surface area contributed by atoms with E-state index in [1.807, 2.05) is 50.0 Å². The number of carbonyl (C=O) groups is 2. The first-order chi connectivity index (χ1) is 11.9. The monoisotopic (exact) mass is 363 g/mol. The summed E-state index contributed by atoms with van der Waals surface area (Å²) in [5.74, 6) is -0.0286. The van der Waals surface area contributed by atoms with E-state index < -0.39 is 8.32 Å². The van der Waals surface area contributed by atoms with E-state index in [2.05, 4.69) is 5.32 Å². The van der Waals surface area contributed by atoms with Gasteiger partial charge >= 0.3 is 0 Å². The minimum Gasteiger partial charge on any atom is -0.520 e. The Balaban J connectivity index is 1.91. The SMILES string of the molecule is C[Si](C)(C)OC(=O)CCCCCCCCCNC(=O)c1ccccc1. The predicted molar refractivity (Wildman–Crippen MR) is 105 cm³/mol. The molecule has 0 aliphatic heterocycles. The molecule has 1 aromatic rings. The van der Waals surface area contributed by atoms with E-state index in [9.17, 15) is 9.59 Å². The molecule has 0 saturated carbocycles. The highest BCUT2D eigenvalue weighted by molar-refractivity contribution is 6.71. The molecular formula is C20H33NO3Si. The first-order valence-corrected chi connectivity index (χ1v) is 12.8. The zero-order valence-electron chi connectivity index (χ0n) is 16.0. The van der Waals surface area contributed by atoms with Gasteiger partial charge in [0.2, 0.25) is 8.32 Å². The normalized spacial score (nSPS) is 11.2. The maximum absolute atomic E-state index is 11.8. The Morgan fingerprint density at radius 2 is 1.44 bits per heavy atom. The fourth-order valence-electron chi connectivity index (χ4n) is 2.56. The number of nitrogens with one attached hydrogen (secondary N) is 1. The van der Waals surface area contributed by atoms with Crippen LogP contribution in [0.4, 0.5) is 0 Å². The van der Waals surface area contributed by atoms with E-state index in [4.69, 9.17) is 4.43 Å². The molecule has 0 aromatic heterocycles. The van der Waals surface area contributed by atoms with Crippen molar-refractivity contribution in [2.75, 3.05) is 6.54 Å². The number of unbranched alkanes of at least 4 members (excludes halogenated alkanes) is 6. The largest absolute Gasteiger partial charge is 0.520 e. The average Bonchev–Trinajstić information content (AvgIpc) is 2.55. The molecule has 25 heavy (non-hydrogen) atoms. The third-order valence-electron chi connectivity index (χ3n) is 3.80. The first-order valence-electron chi connectivity index (χ1n) is 9.43. The summed E-state index contributed by atoms with van der Waals surface area (Å²) in [5.41, 5.74) is 0.718. The first kappa shape index (κ1) is 21.4. The van der Waals surface area contributed by atoms with Crippen molar-refractivity contribution in [3.8, 4) is 0 Å². The van der Waals surface area contributed by atoms with Gasteiger partial charge in [0.15, 0.2) is 0 Å². The van der Waals surface area contributed by atoms with Crippen LogP contribution < -0.4 is 5.32 Å². The molecule has 1 N–H and O–H groups in total. The van der Waals surface area contributed by atoms with Crippen LogP contribution in [0.5, 0.6) is 0 Å².